The lowest BCUT2D eigenvalue weighted by Gasteiger charge is -2.24. The lowest BCUT2D eigenvalue weighted by atomic mass is 9.94. The molecule has 0 bridgehead atoms. The third-order valence-corrected chi connectivity index (χ3v) is 5.06. The number of primary amides is 1. The van der Waals surface area contributed by atoms with Gasteiger partial charge in [0.1, 0.15) is 5.00 Å². The van der Waals surface area contributed by atoms with E-state index in [2.05, 4.69) is 15.5 Å². The predicted octanol–water partition coefficient (Wildman–Crippen LogP) is 0.469. The van der Waals surface area contributed by atoms with Crippen LogP contribution < -0.4 is 16.4 Å². The van der Waals surface area contributed by atoms with E-state index in [4.69, 9.17) is 5.73 Å². The maximum atomic E-state index is 12.1. The van der Waals surface area contributed by atoms with E-state index in [1.807, 2.05) is 0 Å². The Labute approximate surface area is 127 Å². The lowest BCUT2D eigenvalue weighted by Crippen LogP contribution is -2.41. The number of anilines is 1. The Kier molecular flexibility index (Phi) is 4.23. The van der Waals surface area contributed by atoms with Gasteiger partial charge in [0.25, 0.3) is 5.91 Å². The molecule has 2 saturated heterocycles. The fourth-order valence-electron chi connectivity index (χ4n) is 3.23. The van der Waals surface area contributed by atoms with Gasteiger partial charge in [-0.15, -0.1) is 11.3 Å². The predicted molar refractivity (Wildman–Crippen MR) is 82.4 cm³/mol. The molecule has 0 spiro atoms. The summed E-state index contributed by atoms with van der Waals surface area (Å²) in [7, 11) is 0. The summed E-state index contributed by atoms with van der Waals surface area (Å²) in [5.41, 5.74) is 5.66. The van der Waals surface area contributed by atoms with E-state index in [0.717, 1.165) is 19.6 Å². The van der Waals surface area contributed by atoms with E-state index in [-0.39, 0.29) is 5.91 Å². The number of piperidine rings is 1. The molecule has 0 radical (unpaired) electrons. The molecular formula is C14H20N4O2S. The molecule has 2 aliphatic heterocycles. The Hall–Kier alpha value is -1.44. The molecule has 0 aliphatic carbocycles. The van der Waals surface area contributed by atoms with Gasteiger partial charge in [0.05, 0.1) is 12.1 Å². The van der Waals surface area contributed by atoms with E-state index < -0.39 is 5.91 Å². The first-order valence-electron chi connectivity index (χ1n) is 7.26. The van der Waals surface area contributed by atoms with Gasteiger partial charge in [-0.05, 0) is 36.8 Å². The third kappa shape index (κ3) is 3.25. The van der Waals surface area contributed by atoms with E-state index in [9.17, 15) is 9.59 Å². The zero-order valence-corrected chi connectivity index (χ0v) is 12.6. The highest BCUT2D eigenvalue weighted by Crippen LogP contribution is 2.25. The quantitative estimate of drug-likeness (QED) is 0.754. The number of rotatable bonds is 4. The fourth-order valence-corrected chi connectivity index (χ4v) is 4.04. The first kappa shape index (κ1) is 14.5. The number of nitrogens with one attached hydrogen (secondary N) is 2. The van der Waals surface area contributed by atoms with Crippen molar-refractivity contribution in [1.82, 2.24) is 10.2 Å². The second-order valence-corrected chi connectivity index (χ2v) is 6.65. The second-order valence-electron chi connectivity index (χ2n) is 5.73. The van der Waals surface area contributed by atoms with Gasteiger partial charge in [0.2, 0.25) is 5.91 Å². The Balaban J connectivity index is 1.55. The van der Waals surface area contributed by atoms with E-state index in [0.29, 0.717) is 29.1 Å². The number of nitrogens with two attached hydrogens (primary N) is 1. The Morgan fingerprint density at radius 3 is 3.10 bits per heavy atom. The summed E-state index contributed by atoms with van der Waals surface area (Å²) in [6.45, 7) is 3.34. The van der Waals surface area contributed by atoms with Crippen LogP contribution in [0.5, 0.6) is 0 Å². The van der Waals surface area contributed by atoms with Crippen LogP contribution in [0.1, 0.15) is 23.2 Å². The minimum absolute atomic E-state index is 0.0846. The van der Waals surface area contributed by atoms with Gasteiger partial charge in [-0.25, -0.2) is 0 Å². The molecule has 1 aromatic rings. The zero-order chi connectivity index (χ0) is 14.8. The maximum Gasteiger partial charge on any atom is 0.251 e. The summed E-state index contributed by atoms with van der Waals surface area (Å²) in [5, 5.41) is 8.62. The molecule has 21 heavy (non-hydrogen) atoms. The molecule has 1 aromatic heterocycles. The summed E-state index contributed by atoms with van der Waals surface area (Å²) in [6, 6.07) is 2.16. The van der Waals surface area contributed by atoms with Crippen molar-refractivity contribution in [2.24, 2.45) is 11.7 Å². The number of thiophene rings is 1. The normalized spacial score (nSPS) is 25.5. The van der Waals surface area contributed by atoms with Crippen molar-refractivity contribution in [3.8, 4) is 0 Å². The van der Waals surface area contributed by atoms with Crippen LogP contribution in [0.4, 0.5) is 5.00 Å². The van der Waals surface area contributed by atoms with Crippen molar-refractivity contribution in [3.63, 3.8) is 0 Å². The van der Waals surface area contributed by atoms with Crippen molar-refractivity contribution in [2.45, 2.75) is 18.9 Å². The van der Waals surface area contributed by atoms with Crippen molar-refractivity contribution in [2.75, 3.05) is 31.5 Å². The van der Waals surface area contributed by atoms with Gasteiger partial charge >= 0.3 is 0 Å². The molecule has 3 heterocycles. The summed E-state index contributed by atoms with van der Waals surface area (Å²) in [4.78, 5) is 25.5. The van der Waals surface area contributed by atoms with Crippen LogP contribution in [-0.4, -0.2) is 48.9 Å². The first-order chi connectivity index (χ1) is 10.1. The van der Waals surface area contributed by atoms with Crippen molar-refractivity contribution in [1.29, 1.82) is 0 Å². The number of carbonyl (C=O) groups excluding carboxylic acids is 2. The van der Waals surface area contributed by atoms with Crippen LogP contribution in [0.25, 0.3) is 0 Å². The van der Waals surface area contributed by atoms with Gasteiger partial charge in [-0.2, -0.15) is 0 Å². The van der Waals surface area contributed by atoms with Crippen LogP contribution in [0.3, 0.4) is 0 Å². The van der Waals surface area contributed by atoms with Crippen molar-refractivity contribution < 1.29 is 9.59 Å². The minimum atomic E-state index is -0.511. The fraction of sp³-hybridized carbons (Fsp3) is 0.571. The lowest BCUT2D eigenvalue weighted by molar-refractivity contribution is -0.117. The van der Waals surface area contributed by atoms with Crippen LogP contribution in [0, 0.1) is 5.92 Å². The third-order valence-electron chi connectivity index (χ3n) is 4.23. The smallest absolute Gasteiger partial charge is 0.251 e. The standard InChI is InChI=1S/C14H20N4O2S/c15-13(20)10-3-5-21-14(10)17-12(19)8-18-6-9-2-1-4-16-11(9)7-18/h3,5,9,11,16H,1-2,4,6-8H2,(H2,15,20)(H,17,19). The number of likely N-dealkylation sites (tertiary alicyclic amines) is 1. The molecule has 3 rings (SSSR count). The molecule has 4 N–H and O–H groups in total. The SMILES string of the molecule is NC(=O)c1ccsc1NC(=O)CN1CC2CCCNC2C1. The topological polar surface area (TPSA) is 87.5 Å². The van der Waals surface area contributed by atoms with E-state index in [1.165, 1.54) is 24.2 Å². The van der Waals surface area contributed by atoms with Gasteiger partial charge in [-0.3, -0.25) is 14.5 Å². The van der Waals surface area contributed by atoms with Crippen molar-refractivity contribution in [3.05, 3.63) is 17.0 Å². The number of nitrogens with zero attached hydrogens (tertiary/aromatic N) is 1. The van der Waals surface area contributed by atoms with Gasteiger partial charge in [0, 0.05) is 19.1 Å². The zero-order valence-electron chi connectivity index (χ0n) is 11.8. The van der Waals surface area contributed by atoms with Crippen LogP contribution in [0.2, 0.25) is 0 Å². The number of fused-ring (bicyclic) bond motifs is 1. The van der Waals surface area contributed by atoms with Crippen LogP contribution in [0.15, 0.2) is 11.4 Å². The number of hydrogen-bond acceptors (Lipinski definition) is 5. The second kappa shape index (κ2) is 6.13. The highest BCUT2D eigenvalue weighted by Gasteiger charge is 2.34. The molecule has 2 atom stereocenters. The molecule has 0 saturated carbocycles. The Bertz CT molecular complexity index is 531. The molecule has 6 nitrogen and oxygen atoms in total. The molecule has 114 valence electrons. The Morgan fingerprint density at radius 1 is 1.48 bits per heavy atom. The molecule has 2 unspecified atom stereocenters. The summed E-state index contributed by atoms with van der Waals surface area (Å²) in [5.74, 6) is 0.0657. The largest absolute Gasteiger partial charge is 0.366 e. The molecule has 0 aromatic carbocycles. The van der Waals surface area contributed by atoms with E-state index in [1.54, 1.807) is 11.4 Å². The summed E-state index contributed by atoms with van der Waals surface area (Å²) >= 11 is 1.32. The molecule has 7 heteroatoms. The van der Waals surface area contributed by atoms with Crippen molar-refractivity contribution >= 4 is 28.2 Å². The average molecular weight is 308 g/mol. The molecular weight excluding hydrogens is 288 g/mol. The highest BCUT2D eigenvalue weighted by atomic mass is 32.1. The summed E-state index contributed by atoms with van der Waals surface area (Å²) < 4.78 is 0. The molecule has 2 amide bonds. The number of hydrogen-bond donors (Lipinski definition) is 3. The van der Waals surface area contributed by atoms with Crippen LogP contribution >= 0.6 is 11.3 Å². The average Bonchev–Trinajstić information content (AvgIpc) is 3.03. The molecule has 2 aliphatic rings. The maximum absolute atomic E-state index is 12.1. The van der Waals surface area contributed by atoms with Gasteiger partial charge < -0.3 is 16.4 Å². The van der Waals surface area contributed by atoms with Gasteiger partial charge in [0.15, 0.2) is 0 Å². The van der Waals surface area contributed by atoms with E-state index >= 15 is 0 Å². The molecule has 2 fully saturated rings. The first-order valence-corrected chi connectivity index (χ1v) is 8.14. The number of amides is 2. The highest BCUT2D eigenvalue weighted by molar-refractivity contribution is 7.14. The Morgan fingerprint density at radius 2 is 2.33 bits per heavy atom. The van der Waals surface area contributed by atoms with Crippen LogP contribution in [-0.2, 0) is 4.79 Å². The minimum Gasteiger partial charge on any atom is -0.366 e. The van der Waals surface area contributed by atoms with Gasteiger partial charge in [-0.1, -0.05) is 0 Å². The monoisotopic (exact) mass is 308 g/mol. The number of carbonyl (C=O) groups is 2. The summed E-state index contributed by atoms with van der Waals surface area (Å²) in [6.07, 6.45) is 2.46.